The molecule has 17 heavy (non-hydrogen) atoms. The highest BCUT2D eigenvalue weighted by molar-refractivity contribution is 5.90. The third-order valence-electron chi connectivity index (χ3n) is 2.09. The summed E-state index contributed by atoms with van der Waals surface area (Å²) in [6.07, 6.45) is 0.459. The van der Waals surface area contributed by atoms with Crippen LogP contribution in [-0.4, -0.2) is 25.7 Å². The number of ether oxygens (including phenoxy) is 1. The first-order valence-corrected chi connectivity index (χ1v) is 5.39. The lowest BCUT2D eigenvalue weighted by atomic mass is 10.2. The fourth-order valence-corrected chi connectivity index (χ4v) is 1.26. The Hall–Kier alpha value is -2.04. The number of methoxy groups -OCH3 is 1. The highest BCUT2D eigenvalue weighted by Crippen LogP contribution is 2.05. The summed E-state index contributed by atoms with van der Waals surface area (Å²) in [7, 11) is 1.30. The zero-order valence-corrected chi connectivity index (χ0v) is 9.73. The lowest BCUT2D eigenvalue weighted by Crippen LogP contribution is -2.25. The Morgan fingerprint density at radius 1 is 1.24 bits per heavy atom. The van der Waals surface area contributed by atoms with Gasteiger partial charge in [-0.1, -0.05) is 18.2 Å². The quantitative estimate of drug-likeness (QED) is 0.765. The van der Waals surface area contributed by atoms with Crippen molar-refractivity contribution in [1.29, 1.82) is 0 Å². The Bertz CT molecular complexity index is 365. The van der Waals surface area contributed by atoms with Crippen molar-refractivity contribution in [1.82, 2.24) is 5.32 Å². The number of anilines is 1. The summed E-state index contributed by atoms with van der Waals surface area (Å²) in [6, 6.07) is 9.24. The van der Waals surface area contributed by atoms with Crippen molar-refractivity contribution in [3.05, 3.63) is 30.3 Å². The molecule has 0 saturated heterocycles. The number of hydrogen-bond donors (Lipinski definition) is 2. The smallest absolute Gasteiger partial charge is 0.406 e. The highest BCUT2D eigenvalue weighted by Gasteiger charge is 2.02. The van der Waals surface area contributed by atoms with Crippen LogP contribution >= 0.6 is 0 Å². The van der Waals surface area contributed by atoms with Crippen LogP contribution in [0.4, 0.5) is 10.5 Å². The van der Waals surface area contributed by atoms with Crippen LogP contribution in [0.1, 0.15) is 12.8 Å². The summed E-state index contributed by atoms with van der Waals surface area (Å²) in [4.78, 5) is 22.2. The number of hydrogen-bond acceptors (Lipinski definition) is 3. The molecule has 2 N–H and O–H groups in total. The fourth-order valence-electron chi connectivity index (χ4n) is 1.26. The number of para-hydroxylation sites is 1. The lowest BCUT2D eigenvalue weighted by molar-refractivity contribution is -0.116. The molecule has 1 rings (SSSR count). The van der Waals surface area contributed by atoms with Gasteiger partial charge in [0.15, 0.2) is 0 Å². The van der Waals surface area contributed by atoms with Crippen LogP contribution in [0.25, 0.3) is 0 Å². The van der Waals surface area contributed by atoms with Gasteiger partial charge >= 0.3 is 6.09 Å². The molecule has 0 saturated carbocycles. The molecule has 0 radical (unpaired) electrons. The molecule has 5 heteroatoms. The first kappa shape index (κ1) is 13.0. The normalized spacial score (nSPS) is 9.47. The molecular formula is C12H16N2O3. The molecule has 1 aromatic rings. The maximum Gasteiger partial charge on any atom is 0.406 e. The Morgan fingerprint density at radius 3 is 2.59 bits per heavy atom. The molecule has 2 amide bonds. The average Bonchev–Trinajstić information content (AvgIpc) is 2.35. The predicted molar refractivity (Wildman–Crippen MR) is 64.7 cm³/mol. The van der Waals surface area contributed by atoms with Gasteiger partial charge in [-0.05, 0) is 18.6 Å². The molecule has 0 fully saturated rings. The fraction of sp³-hybridized carbons (Fsp3) is 0.333. The lowest BCUT2D eigenvalue weighted by Gasteiger charge is -2.05. The van der Waals surface area contributed by atoms with E-state index in [2.05, 4.69) is 15.4 Å². The topological polar surface area (TPSA) is 67.4 Å². The van der Waals surface area contributed by atoms with Gasteiger partial charge in [0.25, 0.3) is 0 Å². The molecule has 0 bridgehead atoms. The number of carbonyl (C=O) groups is 2. The number of nitrogens with one attached hydrogen (secondary N) is 2. The minimum atomic E-state index is -0.478. The molecule has 0 spiro atoms. The Balaban J connectivity index is 2.16. The second-order valence-corrected chi connectivity index (χ2v) is 3.44. The predicted octanol–water partition coefficient (Wildman–Crippen LogP) is 1.76. The molecule has 0 aliphatic rings. The van der Waals surface area contributed by atoms with E-state index in [1.165, 1.54) is 7.11 Å². The summed E-state index contributed by atoms with van der Waals surface area (Å²) in [5, 5.41) is 5.27. The third-order valence-corrected chi connectivity index (χ3v) is 2.09. The van der Waals surface area contributed by atoms with Crippen molar-refractivity contribution in [3.8, 4) is 0 Å². The van der Waals surface area contributed by atoms with E-state index in [1.807, 2.05) is 30.3 Å². The van der Waals surface area contributed by atoms with Crippen LogP contribution in [0, 0.1) is 0 Å². The van der Waals surface area contributed by atoms with Crippen LogP contribution in [-0.2, 0) is 9.53 Å². The average molecular weight is 236 g/mol. The van der Waals surface area contributed by atoms with Crippen LogP contribution < -0.4 is 10.6 Å². The van der Waals surface area contributed by atoms with E-state index in [-0.39, 0.29) is 5.91 Å². The molecule has 0 atom stereocenters. The van der Waals surface area contributed by atoms with E-state index in [4.69, 9.17) is 0 Å². The highest BCUT2D eigenvalue weighted by atomic mass is 16.5. The van der Waals surface area contributed by atoms with Gasteiger partial charge in [-0.3, -0.25) is 4.79 Å². The van der Waals surface area contributed by atoms with Gasteiger partial charge in [0.2, 0.25) is 5.91 Å². The van der Waals surface area contributed by atoms with E-state index in [9.17, 15) is 9.59 Å². The minimum absolute atomic E-state index is 0.0668. The van der Waals surface area contributed by atoms with Crippen molar-refractivity contribution in [2.24, 2.45) is 0 Å². The third kappa shape index (κ3) is 5.55. The maximum atomic E-state index is 11.5. The number of carbonyl (C=O) groups excluding carboxylic acids is 2. The summed E-state index contributed by atoms with van der Waals surface area (Å²) in [6.45, 7) is 0.425. The van der Waals surface area contributed by atoms with Crippen molar-refractivity contribution >= 4 is 17.7 Å². The second kappa shape index (κ2) is 7.27. The zero-order valence-electron chi connectivity index (χ0n) is 9.73. The molecule has 5 nitrogen and oxygen atoms in total. The molecule has 0 unspecified atom stereocenters. The summed E-state index contributed by atoms with van der Waals surface area (Å²) < 4.78 is 4.40. The Kier molecular flexibility index (Phi) is 5.57. The Labute approximate surface area is 100 Å². The molecule has 1 aromatic carbocycles. The number of benzene rings is 1. The SMILES string of the molecule is COC(=O)NCCCC(=O)Nc1ccccc1. The van der Waals surface area contributed by atoms with Crippen LogP contribution in [0.2, 0.25) is 0 Å². The number of rotatable bonds is 5. The summed E-state index contributed by atoms with van der Waals surface area (Å²) in [5.41, 5.74) is 0.776. The molecular weight excluding hydrogens is 220 g/mol. The largest absolute Gasteiger partial charge is 0.453 e. The van der Waals surface area contributed by atoms with Gasteiger partial charge in [0.05, 0.1) is 7.11 Å². The molecule has 0 aliphatic carbocycles. The number of alkyl carbamates (subject to hydrolysis) is 1. The van der Waals surface area contributed by atoms with Crippen molar-refractivity contribution in [2.45, 2.75) is 12.8 Å². The van der Waals surface area contributed by atoms with Gasteiger partial charge in [-0.2, -0.15) is 0 Å². The molecule has 0 aliphatic heterocycles. The van der Waals surface area contributed by atoms with E-state index in [1.54, 1.807) is 0 Å². The van der Waals surface area contributed by atoms with Gasteiger partial charge in [-0.15, -0.1) is 0 Å². The van der Waals surface area contributed by atoms with Crippen molar-refractivity contribution < 1.29 is 14.3 Å². The maximum absolute atomic E-state index is 11.5. The number of amides is 2. The summed E-state index contributed by atoms with van der Waals surface area (Å²) in [5.74, 6) is -0.0668. The van der Waals surface area contributed by atoms with Crippen LogP contribution in [0.15, 0.2) is 30.3 Å². The molecule has 92 valence electrons. The van der Waals surface area contributed by atoms with Gasteiger partial charge < -0.3 is 15.4 Å². The van der Waals surface area contributed by atoms with Crippen LogP contribution in [0.5, 0.6) is 0 Å². The minimum Gasteiger partial charge on any atom is -0.453 e. The first-order chi connectivity index (χ1) is 8.22. The monoisotopic (exact) mass is 236 g/mol. The van der Waals surface area contributed by atoms with E-state index >= 15 is 0 Å². The van der Waals surface area contributed by atoms with Gasteiger partial charge in [0.1, 0.15) is 0 Å². The van der Waals surface area contributed by atoms with Crippen molar-refractivity contribution in [3.63, 3.8) is 0 Å². The van der Waals surface area contributed by atoms with Gasteiger partial charge in [0, 0.05) is 18.7 Å². The second-order valence-electron chi connectivity index (χ2n) is 3.44. The van der Waals surface area contributed by atoms with E-state index in [0.29, 0.717) is 19.4 Å². The van der Waals surface area contributed by atoms with E-state index < -0.39 is 6.09 Å². The summed E-state index contributed by atoms with van der Waals surface area (Å²) >= 11 is 0. The van der Waals surface area contributed by atoms with Gasteiger partial charge in [-0.25, -0.2) is 4.79 Å². The molecule has 0 heterocycles. The van der Waals surface area contributed by atoms with Crippen molar-refractivity contribution in [2.75, 3.05) is 19.0 Å². The molecule has 0 aromatic heterocycles. The standard InChI is InChI=1S/C12H16N2O3/c1-17-12(16)13-9-5-8-11(15)14-10-6-3-2-4-7-10/h2-4,6-7H,5,8-9H2,1H3,(H,13,16)(H,14,15). The Morgan fingerprint density at radius 2 is 1.94 bits per heavy atom. The first-order valence-electron chi connectivity index (χ1n) is 5.39. The zero-order chi connectivity index (χ0) is 12.5. The van der Waals surface area contributed by atoms with Crippen LogP contribution in [0.3, 0.4) is 0 Å². The van der Waals surface area contributed by atoms with E-state index in [0.717, 1.165) is 5.69 Å².